The smallest absolute Gasteiger partial charge is 0.0712 e. The molecule has 4 rings (SSSR count). The van der Waals surface area contributed by atoms with Crippen molar-refractivity contribution in [1.82, 2.24) is 10.2 Å². The van der Waals surface area contributed by atoms with Crippen LogP contribution >= 0.6 is 34.5 Å². The number of benzene rings is 2. The largest absolute Gasteiger partial charge is 0.314 e. The predicted molar refractivity (Wildman–Crippen MR) is 105 cm³/mol. The summed E-state index contributed by atoms with van der Waals surface area (Å²) >= 11 is 14.7. The Morgan fingerprint density at radius 1 is 1.00 bits per heavy atom. The zero-order valence-corrected chi connectivity index (χ0v) is 15.5. The molecule has 0 saturated carbocycles. The molecule has 1 unspecified atom stereocenters. The standard InChI is InChI=1S/C19H18Cl2N2S/c20-15-6-3-5-14(18(15)21)19(23-10-8-22-9-11-23)17-12-13-4-1-2-7-16(13)24-17/h1-7,12,19,22H,8-11H2. The third-order valence-corrected chi connectivity index (χ3v) is 6.51. The molecule has 1 atom stereocenters. The summed E-state index contributed by atoms with van der Waals surface area (Å²) in [6.45, 7) is 4.00. The maximum atomic E-state index is 6.59. The summed E-state index contributed by atoms with van der Waals surface area (Å²) in [6.07, 6.45) is 0. The van der Waals surface area contributed by atoms with Gasteiger partial charge in [0.2, 0.25) is 0 Å². The first-order valence-electron chi connectivity index (χ1n) is 8.11. The van der Waals surface area contributed by atoms with Crippen molar-refractivity contribution < 1.29 is 0 Å². The van der Waals surface area contributed by atoms with E-state index < -0.39 is 0 Å². The molecule has 2 nitrogen and oxygen atoms in total. The van der Waals surface area contributed by atoms with Crippen molar-refractivity contribution >= 4 is 44.6 Å². The second kappa shape index (κ2) is 7.03. The van der Waals surface area contributed by atoms with Crippen LogP contribution in [0, 0.1) is 0 Å². The molecular formula is C19H18Cl2N2S. The first kappa shape index (κ1) is 16.4. The normalized spacial score (nSPS) is 17.2. The molecule has 1 aromatic heterocycles. The zero-order chi connectivity index (χ0) is 16.5. The van der Waals surface area contributed by atoms with Gasteiger partial charge in [0.1, 0.15) is 0 Å². The Morgan fingerprint density at radius 3 is 2.58 bits per heavy atom. The number of halogens is 2. The van der Waals surface area contributed by atoms with Gasteiger partial charge in [0.25, 0.3) is 0 Å². The number of nitrogens with zero attached hydrogens (tertiary/aromatic N) is 1. The third-order valence-electron chi connectivity index (χ3n) is 4.51. The van der Waals surface area contributed by atoms with Gasteiger partial charge < -0.3 is 5.32 Å². The molecule has 2 heterocycles. The van der Waals surface area contributed by atoms with E-state index in [0.717, 1.165) is 31.7 Å². The van der Waals surface area contributed by atoms with Gasteiger partial charge in [0.05, 0.1) is 16.1 Å². The highest BCUT2D eigenvalue weighted by atomic mass is 35.5. The Kier molecular flexibility index (Phi) is 4.79. The van der Waals surface area contributed by atoms with Crippen LogP contribution in [0.3, 0.4) is 0 Å². The highest BCUT2D eigenvalue weighted by Gasteiger charge is 2.27. The molecule has 3 aromatic rings. The van der Waals surface area contributed by atoms with E-state index in [1.165, 1.54) is 15.0 Å². The summed E-state index contributed by atoms with van der Waals surface area (Å²) in [5.41, 5.74) is 1.10. The Balaban J connectivity index is 1.84. The Labute approximate surface area is 156 Å². The maximum absolute atomic E-state index is 6.59. The number of hydrogen-bond acceptors (Lipinski definition) is 3. The first-order valence-corrected chi connectivity index (χ1v) is 9.68. The van der Waals surface area contributed by atoms with Crippen LogP contribution in [-0.4, -0.2) is 31.1 Å². The average molecular weight is 377 g/mol. The van der Waals surface area contributed by atoms with Gasteiger partial charge in [-0.3, -0.25) is 4.90 Å². The summed E-state index contributed by atoms with van der Waals surface area (Å²) in [4.78, 5) is 3.82. The molecule has 1 fully saturated rings. The number of piperazine rings is 1. The van der Waals surface area contributed by atoms with Crippen molar-refractivity contribution in [1.29, 1.82) is 0 Å². The second-order valence-corrected chi connectivity index (χ2v) is 7.92. The van der Waals surface area contributed by atoms with Gasteiger partial charge in [-0.05, 0) is 29.1 Å². The lowest BCUT2D eigenvalue weighted by molar-refractivity contribution is 0.201. The number of fused-ring (bicyclic) bond motifs is 1. The van der Waals surface area contributed by atoms with E-state index in [0.29, 0.717) is 10.0 Å². The molecule has 0 bridgehead atoms. The molecule has 1 saturated heterocycles. The summed E-state index contributed by atoms with van der Waals surface area (Å²) in [5, 5.41) is 6.00. The Hall–Kier alpha value is -1.10. The SMILES string of the molecule is Clc1cccc(C(c2cc3ccccc3s2)N2CCNCC2)c1Cl. The van der Waals surface area contributed by atoms with Crippen molar-refractivity contribution in [3.63, 3.8) is 0 Å². The van der Waals surface area contributed by atoms with Gasteiger partial charge in [-0.15, -0.1) is 11.3 Å². The summed E-state index contributed by atoms with van der Waals surface area (Å²) in [5.74, 6) is 0. The maximum Gasteiger partial charge on any atom is 0.0712 e. The monoisotopic (exact) mass is 376 g/mol. The highest BCUT2D eigenvalue weighted by molar-refractivity contribution is 7.19. The predicted octanol–water partition coefficient (Wildman–Crippen LogP) is 5.20. The molecule has 5 heteroatoms. The lowest BCUT2D eigenvalue weighted by atomic mass is 10.0. The van der Waals surface area contributed by atoms with Crippen LogP contribution in [-0.2, 0) is 0 Å². The van der Waals surface area contributed by atoms with Gasteiger partial charge in [-0.2, -0.15) is 0 Å². The van der Waals surface area contributed by atoms with Crippen molar-refractivity contribution in [2.45, 2.75) is 6.04 Å². The van der Waals surface area contributed by atoms with Crippen LogP contribution in [0.2, 0.25) is 10.0 Å². The summed E-state index contributed by atoms with van der Waals surface area (Å²) in [6, 6.07) is 16.9. The van der Waals surface area contributed by atoms with Gasteiger partial charge in [-0.1, -0.05) is 53.5 Å². The fourth-order valence-corrected chi connectivity index (χ4v) is 4.97. The van der Waals surface area contributed by atoms with Gasteiger partial charge in [-0.25, -0.2) is 0 Å². The van der Waals surface area contributed by atoms with Crippen LogP contribution in [0.25, 0.3) is 10.1 Å². The van der Waals surface area contributed by atoms with Gasteiger partial charge >= 0.3 is 0 Å². The van der Waals surface area contributed by atoms with E-state index in [9.17, 15) is 0 Å². The Bertz CT molecular complexity index is 822. The molecule has 1 aliphatic rings. The van der Waals surface area contributed by atoms with Crippen LogP contribution in [0.5, 0.6) is 0 Å². The van der Waals surface area contributed by atoms with Crippen LogP contribution in [0.4, 0.5) is 0 Å². The van der Waals surface area contributed by atoms with Crippen LogP contribution < -0.4 is 5.32 Å². The molecule has 0 amide bonds. The fourth-order valence-electron chi connectivity index (χ4n) is 3.34. The van der Waals surface area contributed by atoms with Gasteiger partial charge in [0, 0.05) is 35.8 Å². The molecular weight excluding hydrogens is 359 g/mol. The molecule has 0 aliphatic carbocycles. The van der Waals surface area contributed by atoms with Crippen molar-refractivity contribution in [2.24, 2.45) is 0 Å². The third kappa shape index (κ3) is 3.07. The quantitative estimate of drug-likeness (QED) is 0.675. The molecule has 1 aliphatic heterocycles. The molecule has 24 heavy (non-hydrogen) atoms. The van der Waals surface area contributed by atoms with Crippen LogP contribution in [0.15, 0.2) is 48.5 Å². The lowest BCUT2D eigenvalue weighted by Gasteiger charge is -2.35. The summed E-state index contributed by atoms with van der Waals surface area (Å²) in [7, 11) is 0. The van der Waals surface area contributed by atoms with E-state index >= 15 is 0 Å². The zero-order valence-electron chi connectivity index (χ0n) is 13.1. The van der Waals surface area contributed by atoms with Crippen LogP contribution in [0.1, 0.15) is 16.5 Å². The number of thiophene rings is 1. The van der Waals surface area contributed by atoms with E-state index in [4.69, 9.17) is 23.2 Å². The van der Waals surface area contributed by atoms with Crippen molar-refractivity contribution in [3.05, 3.63) is 69.0 Å². The lowest BCUT2D eigenvalue weighted by Crippen LogP contribution is -2.45. The molecule has 0 spiro atoms. The minimum atomic E-state index is 0.149. The highest BCUT2D eigenvalue weighted by Crippen LogP contribution is 2.41. The van der Waals surface area contributed by atoms with E-state index in [1.54, 1.807) is 0 Å². The fraction of sp³-hybridized carbons (Fsp3) is 0.263. The number of hydrogen-bond donors (Lipinski definition) is 1. The number of rotatable bonds is 3. The van der Waals surface area contributed by atoms with Crippen molar-refractivity contribution in [3.8, 4) is 0 Å². The van der Waals surface area contributed by atoms with E-state index in [-0.39, 0.29) is 6.04 Å². The Morgan fingerprint density at radius 2 is 1.79 bits per heavy atom. The van der Waals surface area contributed by atoms with Gasteiger partial charge in [0.15, 0.2) is 0 Å². The topological polar surface area (TPSA) is 15.3 Å². The van der Waals surface area contributed by atoms with E-state index in [2.05, 4.69) is 46.6 Å². The second-order valence-electron chi connectivity index (χ2n) is 6.02. The summed E-state index contributed by atoms with van der Waals surface area (Å²) < 4.78 is 1.31. The molecule has 2 aromatic carbocycles. The molecule has 1 N–H and O–H groups in total. The average Bonchev–Trinajstić information content (AvgIpc) is 3.03. The minimum absolute atomic E-state index is 0.149. The molecule has 0 radical (unpaired) electrons. The van der Waals surface area contributed by atoms with E-state index in [1.807, 2.05) is 23.5 Å². The first-order chi connectivity index (χ1) is 11.7. The minimum Gasteiger partial charge on any atom is -0.314 e. The number of nitrogens with one attached hydrogen (secondary N) is 1. The van der Waals surface area contributed by atoms with Crippen molar-refractivity contribution in [2.75, 3.05) is 26.2 Å². The molecule has 124 valence electrons.